The second kappa shape index (κ2) is 6.92. The molecule has 0 aliphatic rings. The Bertz CT molecular complexity index is 587. The molecule has 2 rings (SSSR count). The summed E-state index contributed by atoms with van der Waals surface area (Å²) in [7, 11) is 3.18. The van der Waals surface area contributed by atoms with E-state index >= 15 is 0 Å². The average Bonchev–Trinajstić information content (AvgIpc) is 2.86. The summed E-state index contributed by atoms with van der Waals surface area (Å²) in [5.41, 5.74) is 3.91. The monoisotopic (exact) mass is 312 g/mol. The maximum Gasteiger partial charge on any atom is 0.179 e. The van der Waals surface area contributed by atoms with Gasteiger partial charge in [0, 0.05) is 18.0 Å². The van der Waals surface area contributed by atoms with Gasteiger partial charge in [-0.05, 0) is 18.6 Å². The Morgan fingerprint density at radius 3 is 2.65 bits per heavy atom. The molecule has 0 saturated heterocycles. The van der Waals surface area contributed by atoms with Crippen molar-refractivity contribution in [2.75, 3.05) is 14.2 Å². The van der Waals surface area contributed by atoms with Gasteiger partial charge in [-0.1, -0.05) is 17.7 Å². The van der Waals surface area contributed by atoms with Crippen LogP contribution in [0.5, 0.6) is 11.5 Å². The third-order valence-electron chi connectivity index (χ3n) is 3.01. The van der Waals surface area contributed by atoms with Gasteiger partial charge in [0.05, 0.1) is 30.4 Å². The van der Waals surface area contributed by atoms with Gasteiger partial charge in [0.2, 0.25) is 0 Å². The van der Waals surface area contributed by atoms with Crippen LogP contribution in [0.2, 0.25) is 5.02 Å². The second-order valence-electron chi connectivity index (χ2n) is 4.24. The molecule has 0 atom stereocenters. The van der Waals surface area contributed by atoms with Crippen LogP contribution >= 0.6 is 22.9 Å². The first-order valence-electron chi connectivity index (χ1n) is 6.16. The summed E-state index contributed by atoms with van der Waals surface area (Å²) in [5, 5.41) is 3.95. The lowest BCUT2D eigenvalue weighted by Crippen LogP contribution is -2.13. The van der Waals surface area contributed by atoms with Crippen molar-refractivity contribution in [3.8, 4) is 11.5 Å². The minimum absolute atomic E-state index is 0.572. The van der Waals surface area contributed by atoms with Crippen LogP contribution in [0.25, 0.3) is 0 Å². The number of benzene rings is 1. The van der Waals surface area contributed by atoms with Crippen LogP contribution in [0, 0.1) is 6.92 Å². The summed E-state index contributed by atoms with van der Waals surface area (Å²) in [4.78, 5) is 5.46. The highest BCUT2D eigenvalue weighted by molar-refractivity contribution is 7.09. The van der Waals surface area contributed by atoms with Crippen molar-refractivity contribution < 1.29 is 9.47 Å². The number of ether oxygens (including phenoxy) is 2. The van der Waals surface area contributed by atoms with Gasteiger partial charge in [-0.15, -0.1) is 11.3 Å². The molecule has 1 N–H and O–H groups in total. The number of rotatable bonds is 6. The predicted octanol–water partition coefficient (Wildman–Crippen LogP) is 3.41. The van der Waals surface area contributed by atoms with E-state index in [1.807, 2.05) is 24.6 Å². The van der Waals surface area contributed by atoms with Crippen molar-refractivity contribution in [1.82, 2.24) is 10.3 Å². The lowest BCUT2D eigenvalue weighted by atomic mass is 10.2. The average molecular weight is 313 g/mol. The lowest BCUT2D eigenvalue weighted by molar-refractivity contribution is 0.354. The number of aromatic nitrogens is 1. The molecule has 6 heteroatoms. The van der Waals surface area contributed by atoms with E-state index in [-0.39, 0.29) is 0 Å². The second-order valence-corrected chi connectivity index (χ2v) is 5.56. The zero-order valence-corrected chi connectivity index (χ0v) is 13.3. The molecule has 0 saturated carbocycles. The van der Waals surface area contributed by atoms with Crippen molar-refractivity contribution in [3.05, 3.63) is 38.8 Å². The third kappa shape index (κ3) is 3.23. The fraction of sp³-hybridized carbons (Fsp3) is 0.357. The van der Waals surface area contributed by atoms with E-state index < -0.39 is 0 Å². The zero-order chi connectivity index (χ0) is 14.5. The van der Waals surface area contributed by atoms with E-state index in [0.29, 0.717) is 23.1 Å². The maximum atomic E-state index is 6.33. The molecular weight excluding hydrogens is 296 g/mol. The van der Waals surface area contributed by atoms with Crippen molar-refractivity contribution in [2.45, 2.75) is 20.0 Å². The number of thiazole rings is 1. The Morgan fingerprint density at radius 2 is 2.05 bits per heavy atom. The van der Waals surface area contributed by atoms with Gasteiger partial charge >= 0.3 is 0 Å². The first kappa shape index (κ1) is 15.1. The summed E-state index contributed by atoms with van der Waals surface area (Å²) in [5.74, 6) is 1.21. The Hall–Kier alpha value is -1.30. The molecule has 20 heavy (non-hydrogen) atoms. The largest absolute Gasteiger partial charge is 0.493 e. The lowest BCUT2D eigenvalue weighted by Gasteiger charge is -2.13. The summed E-state index contributed by atoms with van der Waals surface area (Å²) in [6, 6.07) is 3.80. The van der Waals surface area contributed by atoms with Gasteiger partial charge in [0.1, 0.15) is 0 Å². The van der Waals surface area contributed by atoms with Gasteiger partial charge in [0.25, 0.3) is 0 Å². The van der Waals surface area contributed by atoms with E-state index in [2.05, 4.69) is 10.3 Å². The Morgan fingerprint density at radius 1 is 1.25 bits per heavy atom. The van der Waals surface area contributed by atoms with Gasteiger partial charge in [-0.2, -0.15) is 0 Å². The molecule has 1 aromatic carbocycles. The highest BCUT2D eigenvalue weighted by Crippen LogP contribution is 2.37. The molecule has 108 valence electrons. The van der Waals surface area contributed by atoms with Crippen LogP contribution < -0.4 is 14.8 Å². The highest BCUT2D eigenvalue weighted by atomic mass is 35.5. The number of nitrogens with one attached hydrogen (secondary N) is 1. The van der Waals surface area contributed by atoms with Crippen LogP contribution in [-0.4, -0.2) is 19.2 Å². The number of nitrogens with zero attached hydrogens (tertiary/aromatic N) is 1. The van der Waals surface area contributed by atoms with Crippen molar-refractivity contribution in [1.29, 1.82) is 0 Å². The Kier molecular flexibility index (Phi) is 5.23. The van der Waals surface area contributed by atoms with E-state index in [4.69, 9.17) is 21.1 Å². The summed E-state index contributed by atoms with van der Waals surface area (Å²) < 4.78 is 10.5. The van der Waals surface area contributed by atoms with Crippen molar-refractivity contribution >= 4 is 22.9 Å². The summed E-state index contributed by atoms with van der Waals surface area (Å²) in [6.45, 7) is 3.45. The molecule has 0 aliphatic heterocycles. The van der Waals surface area contributed by atoms with Crippen LogP contribution in [0.3, 0.4) is 0 Å². The first-order valence-corrected chi connectivity index (χ1v) is 7.42. The predicted molar refractivity (Wildman–Crippen MR) is 82.0 cm³/mol. The van der Waals surface area contributed by atoms with E-state index in [0.717, 1.165) is 17.8 Å². The van der Waals surface area contributed by atoms with E-state index in [9.17, 15) is 0 Å². The summed E-state index contributed by atoms with van der Waals surface area (Å²) in [6.07, 6.45) is 0. The molecule has 1 heterocycles. The van der Waals surface area contributed by atoms with Gasteiger partial charge < -0.3 is 14.8 Å². The zero-order valence-electron chi connectivity index (χ0n) is 11.7. The summed E-state index contributed by atoms with van der Waals surface area (Å²) >= 11 is 7.98. The highest BCUT2D eigenvalue weighted by Gasteiger charge is 2.12. The smallest absolute Gasteiger partial charge is 0.179 e. The van der Waals surface area contributed by atoms with E-state index in [1.54, 1.807) is 25.6 Å². The fourth-order valence-electron chi connectivity index (χ4n) is 1.87. The fourth-order valence-corrected chi connectivity index (χ4v) is 2.92. The normalized spacial score (nSPS) is 10.6. The number of halogens is 1. The first-order chi connectivity index (χ1) is 9.67. The molecule has 0 aliphatic carbocycles. The quantitative estimate of drug-likeness (QED) is 0.887. The molecule has 0 spiro atoms. The minimum Gasteiger partial charge on any atom is -0.493 e. The molecule has 2 aromatic rings. The van der Waals surface area contributed by atoms with Gasteiger partial charge in [0.15, 0.2) is 11.5 Å². The molecule has 1 aromatic heterocycles. The molecule has 4 nitrogen and oxygen atoms in total. The van der Waals surface area contributed by atoms with Crippen LogP contribution in [-0.2, 0) is 13.1 Å². The number of aryl methyl sites for hydroxylation is 1. The maximum absolute atomic E-state index is 6.33. The number of hydrogen-bond donors (Lipinski definition) is 1. The molecule has 0 bridgehead atoms. The van der Waals surface area contributed by atoms with Gasteiger partial charge in [-0.25, -0.2) is 4.98 Å². The van der Waals surface area contributed by atoms with Crippen LogP contribution in [0.4, 0.5) is 0 Å². The van der Waals surface area contributed by atoms with Crippen molar-refractivity contribution in [3.63, 3.8) is 0 Å². The third-order valence-corrected chi connectivity index (χ3v) is 4.36. The van der Waals surface area contributed by atoms with Crippen LogP contribution in [0.1, 0.15) is 16.1 Å². The molecule has 0 amide bonds. The Labute approximate surface area is 127 Å². The topological polar surface area (TPSA) is 43.4 Å². The number of hydrogen-bond acceptors (Lipinski definition) is 5. The molecule has 0 radical (unpaired) electrons. The minimum atomic E-state index is 0.572. The van der Waals surface area contributed by atoms with Crippen molar-refractivity contribution in [2.24, 2.45) is 0 Å². The van der Waals surface area contributed by atoms with Gasteiger partial charge in [-0.3, -0.25) is 0 Å². The standard InChI is InChI=1S/C14H17ClN2O2S/c1-9-12(20-8-17-9)7-16-6-10-4-5-11(18-2)14(19-3)13(10)15/h4-5,8,16H,6-7H2,1-3H3. The van der Waals surface area contributed by atoms with Crippen LogP contribution in [0.15, 0.2) is 17.6 Å². The number of methoxy groups -OCH3 is 2. The molecule has 0 unspecified atom stereocenters. The molecular formula is C14H17ClN2O2S. The molecule has 0 fully saturated rings. The Balaban J connectivity index is 2.05. The van der Waals surface area contributed by atoms with E-state index in [1.165, 1.54) is 4.88 Å². The SMILES string of the molecule is COc1ccc(CNCc2scnc2C)c(Cl)c1OC.